The normalized spacial score (nSPS) is 32.0. The predicted octanol–water partition coefficient (Wildman–Crippen LogP) is 1.93. The van der Waals surface area contributed by atoms with E-state index in [-0.39, 0.29) is 23.7 Å². The van der Waals surface area contributed by atoms with Crippen LogP contribution in [0.5, 0.6) is 0 Å². The van der Waals surface area contributed by atoms with Crippen molar-refractivity contribution in [1.82, 2.24) is 10.6 Å². The molecular formula is C19H25FN2O2. The van der Waals surface area contributed by atoms with Gasteiger partial charge < -0.3 is 15.7 Å². The van der Waals surface area contributed by atoms with Crippen LogP contribution in [-0.4, -0.2) is 30.1 Å². The highest BCUT2D eigenvalue weighted by molar-refractivity contribution is 5.87. The molecule has 1 aliphatic heterocycles. The summed E-state index contributed by atoms with van der Waals surface area (Å²) >= 11 is 0. The van der Waals surface area contributed by atoms with Gasteiger partial charge in [-0.25, -0.2) is 4.39 Å². The van der Waals surface area contributed by atoms with E-state index in [0.717, 1.165) is 45.2 Å². The zero-order valence-corrected chi connectivity index (χ0v) is 13.8. The first-order valence-electron chi connectivity index (χ1n) is 9.11. The van der Waals surface area contributed by atoms with Crippen LogP contribution in [0, 0.1) is 23.6 Å². The van der Waals surface area contributed by atoms with Gasteiger partial charge in [-0.05, 0) is 42.4 Å². The molecule has 0 spiro atoms. The molecule has 1 aromatic rings. The maximum Gasteiger partial charge on any atom is 0.257 e. The quantitative estimate of drug-likeness (QED) is 0.789. The highest BCUT2D eigenvalue weighted by Gasteiger charge is 2.56. The third-order valence-corrected chi connectivity index (χ3v) is 6.22. The molecule has 3 aliphatic rings. The lowest BCUT2D eigenvalue weighted by Crippen LogP contribution is -2.51. The highest BCUT2D eigenvalue weighted by Crippen LogP contribution is 2.44. The molecular weight excluding hydrogens is 307 g/mol. The van der Waals surface area contributed by atoms with Crippen molar-refractivity contribution in [2.75, 3.05) is 13.1 Å². The molecule has 0 bridgehead atoms. The molecule has 3 unspecified atom stereocenters. The minimum atomic E-state index is -1.56. The van der Waals surface area contributed by atoms with Crippen molar-refractivity contribution >= 4 is 5.91 Å². The Morgan fingerprint density at radius 2 is 1.75 bits per heavy atom. The van der Waals surface area contributed by atoms with Crippen molar-refractivity contribution in [3.8, 4) is 0 Å². The second kappa shape index (κ2) is 6.12. The Bertz CT molecular complexity index is 604. The molecule has 3 N–H and O–H groups in total. The van der Waals surface area contributed by atoms with Crippen LogP contribution in [-0.2, 0) is 10.4 Å². The lowest BCUT2D eigenvalue weighted by Gasteiger charge is -2.37. The molecule has 1 heterocycles. The van der Waals surface area contributed by atoms with E-state index in [1.165, 1.54) is 12.1 Å². The van der Waals surface area contributed by atoms with Gasteiger partial charge in [-0.1, -0.05) is 31.4 Å². The molecule has 0 aromatic heterocycles. The third kappa shape index (κ3) is 2.64. The van der Waals surface area contributed by atoms with E-state index >= 15 is 0 Å². The monoisotopic (exact) mass is 332 g/mol. The molecule has 2 aliphatic carbocycles. The van der Waals surface area contributed by atoms with E-state index in [9.17, 15) is 14.3 Å². The number of nitrogens with one attached hydrogen (secondary N) is 2. The summed E-state index contributed by atoms with van der Waals surface area (Å²) in [5.41, 5.74) is -1.05. The lowest BCUT2D eigenvalue weighted by atomic mass is 9.72. The largest absolute Gasteiger partial charge is 0.375 e. The molecule has 130 valence electrons. The fourth-order valence-electron chi connectivity index (χ4n) is 4.67. The topological polar surface area (TPSA) is 61.4 Å². The van der Waals surface area contributed by atoms with Crippen LogP contribution in [0.15, 0.2) is 24.3 Å². The maximum atomic E-state index is 13.3. The van der Waals surface area contributed by atoms with Crippen LogP contribution in [0.4, 0.5) is 4.39 Å². The summed E-state index contributed by atoms with van der Waals surface area (Å²) in [7, 11) is 0. The van der Waals surface area contributed by atoms with E-state index in [4.69, 9.17) is 0 Å². The van der Waals surface area contributed by atoms with Gasteiger partial charge in [0.05, 0.1) is 0 Å². The van der Waals surface area contributed by atoms with Crippen molar-refractivity contribution in [3.63, 3.8) is 0 Å². The SMILES string of the molecule is O=C(NC1C2CNCC21)C(O)(c1ccc(F)cc1)C1CCCCC1. The fraction of sp³-hybridized carbons (Fsp3) is 0.632. The molecule has 1 amide bonds. The van der Waals surface area contributed by atoms with E-state index in [0.29, 0.717) is 17.4 Å². The number of hydrogen-bond donors (Lipinski definition) is 3. The van der Waals surface area contributed by atoms with Crippen LogP contribution < -0.4 is 10.6 Å². The first-order chi connectivity index (χ1) is 11.6. The Morgan fingerprint density at radius 1 is 1.12 bits per heavy atom. The third-order valence-electron chi connectivity index (χ3n) is 6.22. The van der Waals surface area contributed by atoms with Crippen LogP contribution in [0.2, 0.25) is 0 Å². The number of fused-ring (bicyclic) bond motifs is 1. The van der Waals surface area contributed by atoms with Gasteiger partial charge in [-0.2, -0.15) is 0 Å². The van der Waals surface area contributed by atoms with Crippen molar-refractivity contribution in [2.45, 2.75) is 43.7 Å². The van der Waals surface area contributed by atoms with Crippen molar-refractivity contribution < 1.29 is 14.3 Å². The van der Waals surface area contributed by atoms with Crippen molar-refractivity contribution in [2.24, 2.45) is 17.8 Å². The molecule has 4 rings (SSSR count). The van der Waals surface area contributed by atoms with Crippen LogP contribution in [0.1, 0.15) is 37.7 Å². The summed E-state index contributed by atoms with van der Waals surface area (Å²) < 4.78 is 13.3. The number of carbonyl (C=O) groups excluding carboxylic acids is 1. The van der Waals surface area contributed by atoms with Gasteiger partial charge in [0.2, 0.25) is 0 Å². The number of amides is 1. The van der Waals surface area contributed by atoms with Gasteiger partial charge in [0.15, 0.2) is 5.60 Å². The van der Waals surface area contributed by atoms with Gasteiger partial charge in [0.25, 0.3) is 5.91 Å². The summed E-state index contributed by atoms with van der Waals surface area (Å²) in [6, 6.07) is 5.94. The number of hydrogen-bond acceptors (Lipinski definition) is 3. The van der Waals surface area contributed by atoms with Crippen molar-refractivity contribution in [1.29, 1.82) is 0 Å². The van der Waals surface area contributed by atoms with Gasteiger partial charge >= 0.3 is 0 Å². The number of benzene rings is 1. The smallest absolute Gasteiger partial charge is 0.257 e. The second-order valence-electron chi connectivity index (χ2n) is 7.59. The average molecular weight is 332 g/mol. The van der Waals surface area contributed by atoms with E-state index in [1.54, 1.807) is 12.1 Å². The molecule has 5 heteroatoms. The molecule has 0 radical (unpaired) electrons. The molecule has 1 aromatic carbocycles. The molecule has 4 nitrogen and oxygen atoms in total. The minimum Gasteiger partial charge on any atom is -0.375 e. The van der Waals surface area contributed by atoms with Crippen molar-refractivity contribution in [3.05, 3.63) is 35.6 Å². The summed E-state index contributed by atoms with van der Waals surface area (Å²) in [5.74, 6) is 0.234. The van der Waals surface area contributed by atoms with E-state index in [1.807, 2.05) is 0 Å². The summed E-state index contributed by atoms with van der Waals surface area (Å²) in [4.78, 5) is 13.1. The maximum absolute atomic E-state index is 13.3. The Morgan fingerprint density at radius 3 is 2.38 bits per heavy atom. The number of aliphatic hydroxyl groups is 1. The van der Waals surface area contributed by atoms with Gasteiger partial charge in [-0.3, -0.25) is 4.79 Å². The first-order valence-corrected chi connectivity index (χ1v) is 9.11. The standard InChI is InChI=1S/C19H25FN2O2/c20-14-8-6-13(7-9-14)19(24,12-4-2-1-3-5-12)18(23)22-17-15-10-21-11-16(15)17/h6-9,12,15-17,21,24H,1-5,10-11H2,(H,22,23). The second-order valence-corrected chi connectivity index (χ2v) is 7.59. The van der Waals surface area contributed by atoms with Crippen LogP contribution >= 0.6 is 0 Å². The lowest BCUT2D eigenvalue weighted by molar-refractivity contribution is -0.149. The van der Waals surface area contributed by atoms with Gasteiger partial charge in [-0.15, -0.1) is 0 Å². The molecule has 3 atom stereocenters. The highest BCUT2D eigenvalue weighted by atomic mass is 19.1. The first kappa shape index (κ1) is 16.0. The Hall–Kier alpha value is -1.46. The number of piperidine rings is 1. The predicted molar refractivity (Wildman–Crippen MR) is 88.7 cm³/mol. The van der Waals surface area contributed by atoms with Crippen LogP contribution in [0.3, 0.4) is 0 Å². The summed E-state index contributed by atoms with van der Waals surface area (Å²) in [5, 5.41) is 17.9. The molecule has 24 heavy (non-hydrogen) atoms. The number of carbonyl (C=O) groups is 1. The average Bonchev–Trinajstić information content (AvgIpc) is 3.04. The zero-order valence-electron chi connectivity index (χ0n) is 13.8. The Labute approximate surface area is 141 Å². The van der Waals surface area contributed by atoms with Gasteiger partial charge in [0.1, 0.15) is 5.82 Å². The molecule has 2 saturated carbocycles. The molecule has 1 saturated heterocycles. The van der Waals surface area contributed by atoms with Gasteiger partial charge in [0, 0.05) is 25.0 Å². The zero-order chi connectivity index (χ0) is 16.7. The molecule has 3 fully saturated rings. The summed E-state index contributed by atoms with van der Waals surface area (Å²) in [6.07, 6.45) is 4.87. The minimum absolute atomic E-state index is 0.103. The number of halogens is 1. The summed E-state index contributed by atoms with van der Waals surface area (Å²) in [6.45, 7) is 1.88. The van der Waals surface area contributed by atoms with E-state index < -0.39 is 5.60 Å². The Kier molecular flexibility index (Phi) is 4.09. The van der Waals surface area contributed by atoms with Crippen LogP contribution in [0.25, 0.3) is 0 Å². The Balaban J connectivity index is 1.59. The fourth-order valence-corrected chi connectivity index (χ4v) is 4.67. The van der Waals surface area contributed by atoms with E-state index in [2.05, 4.69) is 10.6 Å². The number of rotatable bonds is 4.